The van der Waals surface area contributed by atoms with Gasteiger partial charge < -0.3 is 20.3 Å². The third kappa shape index (κ3) is 5.82. The van der Waals surface area contributed by atoms with Crippen LogP contribution in [-0.4, -0.2) is 42.2 Å². The van der Waals surface area contributed by atoms with E-state index in [1.54, 1.807) is 6.92 Å². The molecule has 1 saturated heterocycles. The average Bonchev–Trinajstić information content (AvgIpc) is 2.23. The molecule has 17 heavy (non-hydrogen) atoms. The van der Waals surface area contributed by atoms with Crippen LogP contribution in [0, 0.1) is 0 Å². The van der Waals surface area contributed by atoms with Crippen molar-refractivity contribution in [1.82, 2.24) is 0 Å². The highest BCUT2D eigenvalue weighted by molar-refractivity contribution is 4.75. The van der Waals surface area contributed by atoms with Gasteiger partial charge in [0, 0.05) is 13.2 Å². The second-order valence-electron chi connectivity index (χ2n) is 5.53. The molecule has 3 atom stereocenters. The van der Waals surface area contributed by atoms with Crippen LogP contribution in [0.1, 0.15) is 46.5 Å². The zero-order chi connectivity index (χ0) is 12.9. The van der Waals surface area contributed by atoms with Crippen LogP contribution in [0.5, 0.6) is 0 Å². The Morgan fingerprint density at radius 1 is 1.35 bits per heavy atom. The predicted molar refractivity (Wildman–Crippen MR) is 67.9 cm³/mol. The van der Waals surface area contributed by atoms with Gasteiger partial charge >= 0.3 is 0 Å². The molecule has 4 nitrogen and oxygen atoms in total. The van der Waals surface area contributed by atoms with Gasteiger partial charge in [0.05, 0.1) is 23.9 Å². The Morgan fingerprint density at radius 3 is 2.47 bits per heavy atom. The Bertz CT molecular complexity index is 211. The maximum absolute atomic E-state index is 9.74. The molecule has 3 N–H and O–H groups in total. The Hall–Kier alpha value is -0.160. The third-order valence-corrected chi connectivity index (χ3v) is 3.31. The van der Waals surface area contributed by atoms with Crippen LogP contribution >= 0.6 is 0 Å². The lowest BCUT2D eigenvalue weighted by molar-refractivity contribution is -0.103. The van der Waals surface area contributed by atoms with Gasteiger partial charge in [-0.25, -0.2) is 0 Å². The first-order valence-corrected chi connectivity index (χ1v) is 6.62. The van der Waals surface area contributed by atoms with Gasteiger partial charge in [-0.05, 0) is 46.5 Å². The molecular weight excluding hydrogens is 218 g/mol. The van der Waals surface area contributed by atoms with E-state index in [0.29, 0.717) is 25.7 Å². The first-order chi connectivity index (χ1) is 7.93. The van der Waals surface area contributed by atoms with Crippen molar-refractivity contribution in [2.24, 2.45) is 5.73 Å². The number of aliphatic hydroxyl groups is 1. The van der Waals surface area contributed by atoms with Gasteiger partial charge in [-0.3, -0.25) is 0 Å². The number of nitrogens with two attached hydrogens (primary N) is 1. The molecule has 0 saturated carbocycles. The maximum Gasteiger partial charge on any atom is 0.0742 e. The summed E-state index contributed by atoms with van der Waals surface area (Å²) in [5, 5.41) is 9.74. The highest BCUT2D eigenvalue weighted by atomic mass is 16.5. The summed E-state index contributed by atoms with van der Waals surface area (Å²) >= 11 is 0. The van der Waals surface area contributed by atoms with Crippen LogP contribution in [0.4, 0.5) is 0 Å². The summed E-state index contributed by atoms with van der Waals surface area (Å²) in [7, 11) is 0. The molecule has 1 aliphatic rings. The topological polar surface area (TPSA) is 64.7 Å². The maximum atomic E-state index is 9.74. The number of hydrogen-bond acceptors (Lipinski definition) is 4. The minimum atomic E-state index is -0.750. The quantitative estimate of drug-likeness (QED) is 0.695. The lowest BCUT2D eigenvalue weighted by Gasteiger charge is -2.32. The molecule has 0 spiro atoms. The Kier molecular flexibility index (Phi) is 5.86. The summed E-state index contributed by atoms with van der Waals surface area (Å²) in [6.45, 7) is 6.95. The molecule has 3 unspecified atom stereocenters. The van der Waals surface area contributed by atoms with E-state index < -0.39 is 5.60 Å². The molecule has 0 aromatic carbocycles. The molecule has 102 valence electrons. The van der Waals surface area contributed by atoms with E-state index >= 15 is 0 Å². The van der Waals surface area contributed by atoms with Crippen molar-refractivity contribution >= 4 is 0 Å². The number of hydrogen-bond donors (Lipinski definition) is 2. The van der Waals surface area contributed by atoms with Crippen molar-refractivity contribution in [3.05, 3.63) is 0 Å². The molecule has 0 aromatic heterocycles. The van der Waals surface area contributed by atoms with Crippen molar-refractivity contribution < 1.29 is 14.6 Å². The summed E-state index contributed by atoms with van der Waals surface area (Å²) in [4.78, 5) is 0. The Morgan fingerprint density at radius 2 is 1.94 bits per heavy atom. The van der Waals surface area contributed by atoms with Crippen molar-refractivity contribution in [3.8, 4) is 0 Å². The van der Waals surface area contributed by atoms with E-state index in [1.165, 1.54) is 0 Å². The van der Waals surface area contributed by atoms with E-state index in [2.05, 4.69) is 13.8 Å². The minimum absolute atomic E-state index is 0.288. The van der Waals surface area contributed by atoms with Gasteiger partial charge in [-0.2, -0.15) is 0 Å². The van der Waals surface area contributed by atoms with Crippen LogP contribution in [0.3, 0.4) is 0 Å². The molecule has 1 heterocycles. The number of rotatable bonds is 6. The van der Waals surface area contributed by atoms with Crippen LogP contribution < -0.4 is 5.73 Å². The van der Waals surface area contributed by atoms with Crippen molar-refractivity contribution in [1.29, 1.82) is 0 Å². The molecule has 0 aliphatic carbocycles. The summed E-state index contributed by atoms with van der Waals surface area (Å²) in [5.41, 5.74) is 4.71. The largest absolute Gasteiger partial charge is 0.389 e. The van der Waals surface area contributed by atoms with E-state index in [1.807, 2.05) is 0 Å². The summed E-state index contributed by atoms with van der Waals surface area (Å²) in [6, 6.07) is 0. The van der Waals surface area contributed by atoms with Gasteiger partial charge in [0.25, 0.3) is 0 Å². The van der Waals surface area contributed by atoms with Gasteiger partial charge in [0.2, 0.25) is 0 Å². The van der Waals surface area contributed by atoms with Crippen molar-refractivity contribution in [2.45, 2.75) is 70.4 Å². The average molecular weight is 245 g/mol. The second kappa shape index (κ2) is 6.69. The van der Waals surface area contributed by atoms with Crippen LogP contribution in [0.2, 0.25) is 0 Å². The van der Waals surface area contributed by atoms with E-state index in [0.717, 1.165) is 19.3 Å². The third-order valence-electron chi connectivity index (χ3n) is 3.31. The molecule has 1 aliphatic heterocycles. The first kappa shape index (κ1) is 14.9. The van der Waals surface area contributed by atoms with Crippen LogP contribution in [0.15, 0.2) is 0 Å². The smallest absolute Gasteiger partial charge is 0.0742 e. The Labute approximate surface area is 104 Å². The lowest BCUT2D eigenvalue weighted by Crippen LogP contribution is -2.36. The molecule has 0 bridgehead atoms. The summed E-state index contributed by atoms with van der Waals surface area (Å²) in [6.07, 6.45) is 4.36. The van der Waals surface area contributed by atoms with Crippen LogP contribution in [0.25, 0.3) is 0 Å². The predicted octanol–water partition coefficient (Wildman–Crippen LogP) is 1.45. The minimum Gasteiger partial charge on any atom is -0.389 e. The van der Waals surface area contributed by atoms with Gasteiger partial charge in [-0.1, -0.05) is 0 Å². The SMILES string of the molecule is CC1CC(OCCCC(C)(O)CN)CC(C)O1. The molecular formula is C13H27NO3. The lowest BCUT2D eigenvalue weighted by atomic mass is 10.0. The van der Waals surface area contributed by atoms with Crippen LogP contribution in [-0.2, 0) is 9.47 Å². The standard InChI is InChI=1S/C13H27NO3/c1-10-7-12(8-11(2)17-10)16-6-4-5-13(3,15)9-14/h10-12,15H,4-9,14H2,1-3H3. The van der Waals surface area contributed by atoms with E-state index in [4.69, 9.17) is 15.2 Å². The monoisotopic (exact) mass is 245 g/mol. The number of ether oxygens (including phenoxy) is 2. The zero-order valence-corrected chi connectivity index (χ0v) is 11.3. The van der Waals surface area contributed by atoms with Gasteiger partial charge in [0.15, 0.2) is 0 Å². The molecule has 0 amide bonds. The molecule has 0 aromatic rings. The van der Waals surface area contributed by atoms with Crippen molar-refractivity contribution in [3.63, 3.8) is 0 Å². The second-order valence-corrected chi connectivity index (χ2v) is 5.53. The normalized spacial score (nSPS) is 33.4. The van der Waals surface area contributed by atoms with Gasteiger partial charge in [0.1, 0.15) is 0 Å². The molecule has 0 radical (unpaired) electrons. The zero-order valence-electron chi connectivity index (χ0n) is 11.3. The van der Waals surface area contributed by atoms with Crippen molar-refractivity contribution in [2.75, 3.05) is 13.2 Å². The fourth-order valence-electron chi connectivity index (χ4n) is 2.29. The van der Waals surface area contributed by atoms with Gasteiger partial charge in [-0.15, -0.1) is 0 Å². The molecule has 1 rings (SSSR count). The van der Waals surface area contributed by atoms with E-state index in [9.17, 15) is 5.11 Å². The summed E-state index contributed by atoms with van der Waals surface area (Å²) in [5.74, 6) is 0. The Balaban J connectivity index is 2.14. The fourth-order valence-corrected chi connectivity index (χ4v) is 2.29. The fraction of sp³-hybridized carbons (Fsp3) is 1.00. The highest BCUT2D eigenvalue weighted by Gasteiger charge is 2.25. The molecule has 4 heteroatoms. The first-order valence-electron chi connectivity index (χ1n) is 6.62. The highest BCUT2D eigenvalue weighted by Crippen LogP contribution is 2.22. The van der Waals surface area contributed by atoms with E-state index in [-0.39, 0.29) is 12.2 Å². The molecule has 1 fully saturated rings. The summed E-state index contributed by atoms with van der Waals surface area (Å²) < 4.78 is 11.5.